The van der Waals surface area contributed by atoms with Crippen molar-refractivity contribution in [1.29, 1.82) is 10.8 Å². The van der Waals surface area contributed by atoms with Gasteiger partial charge in [-0.3, -0.25) is 4.79 Å². The third kappa shape index (κ3) is 3.59. The van der Waals surface area contributed by atoms with Gasteiger partial charge in [-0.05, 0) is 29.8 Å². The van der Waals surface area contributed by atoms with Gasteiger partial charge in [0, 0.05) is 30.4 Å². The van der Waals surface area contributed by atoms with Crippen molar-refractivity contribution in [3.05, 3.63) is 64.5 Å². The van der Waals surface area contributed by atoms with E-state index < -0.39 is 23.1 Å². The highest BCUT2D eigenvalue weighted by Gasteiger charge is 2.34. The third-order valence-electron chi connectivity index (χ3n) is 4.46. The van der Waals surface area contributed by atoms with E-state index in [0.717, 1.165) is 23.1 Å². The highest BCUT2D eigenvalue weighted by atomic mass is 19.4. The van der Waals surface area contributed by atoms with Gasteiger partial charge in [-0.2, -0.15) is 13.2 Å². The molecule has 0 saturated carbocycles. The van der Waals surface area contributed by atoms with Crippen molar-refractivity contribution in [3.63, 3.8) is 0 Å². The van der Waals surface area contributed by atoms with Crippen LogP contribution in [-0.2, 0) is 17.5 Å². The maximum atomic E-state index is 13.7. The third-order valence-corrected chi connectivity index (χ3v) is 4.46. The fourth-order valence-corrected chi connectivity index (χ4v) is 3.13. The molecule has 2 heterocycles. The van der Waals surface area contributed by atoms with Gasteiger partial charge in [0.05, 0.1) is 28.7 Å². The molecule has 6 nitrogen and oxygen atoms in total. The summed E-state index contributed by atoms with van der Waals surface area (Å²) < 4.78 is 55.7. The smallest absolute Gasteiger partial charge is 0.314 e. The normalized spacial score (nSPS) is 12.2. The maximum Gasteiger partial charge on any atom is 0.419 e. The molecule has 3 rings (SSSR count). The Morgan fingerprint density at radius 3 is 2.50 bits per heavy atom. The van der Waals surface area contributed by atoms with Crippen molar-refractivity contribution in [2.45, 2.75) is 12.7 Å². The van der Waals surface area contributed by atoms with Gasteiger partial charge >= 0.3 is 6.18 Å². The first-order chi connectivity index (χ1) is 14.2. The molecule has 0 unspecified atom stereocenters. The summed E-state index contributed by atoms with van der Waals surface area (Å²) in [6.07, 6.45) is 1.34. The lowest BCUT2D eigenvalue weighted by Gasteiger charge is -2.10. The Morgan fingerprint density at radius 1 is 1.17 bits per heavy atom. The predicted molar refractivity (Wildman–Crippen MR) is 104 cm³/mol. The van der Waals surface area contributed by atoms with Gasteiger partial charge < -0.3 is 24.7 Å². The number of allylic oxidation sites excluding steroid dienone is 2. The molecule has 0 aliphatic rings. The van der Waals surface area contributed by atoms with E-state index in [-0.39, 0.29) is 34.3 Å². The molecule has 154 valence electrons. The Bertz CT molecular complexity index is 1250. The average molecular weight is 418 g/mol. The van der Waals surface area contributed by atoms with Gasteiger partial charge in [0.2, 0.25) is 0 Å². The summed E-state index contributed by atoms with van der Waals surface area (Å²) in [6, 6.07) is 3.86. The van der Waals surface area contributed by atoms with Crippen LogP contribution in [0, 0.1) is 16.6 Å². The molecule has 0 atom stereocenters. The zero-order valence-corrected chi connectivity index (χ0v) is 15.2. The van der Waals surface area contributed by atoms with Gasteiger partial charge in [0.25, 0.3) is 5.56 Å². The lowest BCUT2D eigenvalue weighted by molar-refractivity contribution is -0.139. The quantitative estimate of drug-likeness (QED) is 0.360. The fraction of sp³-hybridized carbons (Fsp3) is 0.100. The molecule has 0 aliphatic heterocycles. The largest absolute Gasteiger partial charge is 0.419 e. The maximum absolute atomic E-state index is 13.7. The summed E-state index contributed by atoms with van der Waals surface area (Å²) in [5, 5.41) is 14.8. The molecule has 0 saturated heterocycles. The number of alkyl halides is 3. The summed E-state index contributed by atoms with van der Waals surface area (Å²) in [5.41, 5.74) is -1.68. The number of pyridine rings is 1. The van der Waals surface area contributed by atoms with Crippen molar-refractivity contribution in [1.82, 2.24) is 9.13 Å². The highest BCUT2D eigenvalue weighted by Crippen LogP contribution is 2.36. The van der Waals surface area contributed by atoms with E-state index in [0.29, 0.717) is 18.4 Å². The number of fused-ring (bicyclic) bond motifs is 1. The van der Waals surface area contributed by atoms with Gasteiger partial charge in [-0.15, -0.1) is 0 Å². The number of hydrogen-bond acceptors (Lipinski definition) is 4. The number of carbonyl (C=O) groups is 1. The first kappa shape index (κ1) is 20.9. The Balaban J connectivity index is 2.42. The van der Waals surface area contributed by atoms with E-state index in [2.05, 4.69) is 0 Å². The SMILES string of the molecule is N=C/C=C(\C=N)n1cc(-c2ccc(F)c(C(F)(F)F)c2)c2c(=O)n(CC=O)ccc21. The molecule has 0 radical (unpaired) electrons. The van der Waals surface area contributed by atoms with Crippen LogP contribution in [0.3, 0.4) is 0 Å². The average Bonchev–Trinajstić information content (AvgIpc) is 3.08. The number of hydrogen-bond donors (Lipinski definition) is 2. The van der Waals surface area contributed by atoms with Crippen LogP contribution < -0.4 is 5.56 Å². The highest BCUT2D eigenvalue weighted by molar-refractivity contribution is 6.09. The Morgan fingerprint density at radius 2 is 1.90 bits per heavy atom. The topological polar surface area (TPSA) is 91.7 Å². The van der Waals surface area contributed by atoms with E-state index >= 15 is 0 Å². The lowest BCUT2D eigenvalue weighted by atomic mass is 10.0. The van der Waals surface area contributed by atoms with Crippen LogP contribution in [0.15, 0.2) is 47.5 Å². The number of carbonyl (C=O) groups excluding carboxylic acids is 1. The van der Waals surface area contributed by atoms with Gasteiger partial charge in [0.15, 0.2) is 0 Å². The first-order valence-corrected chi connectivity index (χ1v) is 8.49. The van der Waals surface area contributed by atoms with Gasteiger partial charge in [-0.25, -0.2) is 4.39 Å². The van der Waals surface area contributed by atoms with Gasteiger partial charge in [0.1, 0.15) is 12.1 Å². The second-order valence-electron chi connectivity index (χ2n) is 6.21. The van der Waals surface area contributed by atoms with Crippen molar-refractivity contribution in [3.8, 4) is 11.1 Å². The van der Waals surface area contributed by atoms with E-state index in [1.807, 2.05) is 0 Å². The number of nitrogens with one attached hydrogen (secondary N) is 2. The number of nitrogens with zero attached hydrogens (tertiary/aromatic N) is 2. The summed E-state index contributed by atoms with van der Waals surface area (Å²) >= 11 is 0. The first-order valence-electron chi connectivity index (χ1n) is 8.49. The molecule has 10 heteroatoms. The zero-order valence-electron chi connectivity index (χ0n) is 15.2. The van der Waals surface area contributed by atoms with Crippen LogP contribution in [0.2, 0.25) is 0 Å². The minimum atomic E-state index is -4.93. The second-order valence-corrected chi connectivity index (χ2v) is 6.21. The molecule has 0 bridgehead atoms. The molecule has 0 fully saturated rings. The predicted octanol–water partition coefficient (Wildman–Crippen LogP) is 3.97. The Hall–Kier alpha value is -3.82. The number of halogens is 4. The minimum Gasteiger partial charge on any atom is -0.314 e. The fourth-order valence-electron chi connectivity index (χ4n) is 3.13. The van der Waals surface area contributed by atoms with Gasteiger partial charge in [-0.1, -0.05) is 6.07 Å². The minimum absolute atomic E-state index is 0.00295. The van der Waals surface area contributed by atoms with Crippen molar-refractivity contribution < 1.29 is 22.4 Å². The molecule has 0 amide bonds. The van der Waals surface area contributed by atoms with E-state index in [9.17, 15) is 27.2 Å². The molecular weight excluding hydrogens is 404 g/mol. The summed E-state index contributed by atoms with van der Waals surface area (Å²) in [7, 11) is 0. The van der Waals surface area contributed by atoms with Crippen LogP contribution in [0.25, 0.3) is 27.7 Å². The molecule has 0 spiro atoms. The summed E-state index contributed by atoms with van der Waals surface area (Å²) in [6.45, 7) is -0.260. The standard InChI is InChI=1S/C20H14F4N4O2/c21-16-2-1-12(9-15(16)20(22,23)24)14-11-28(13(10-26)3-5-25)17-4-6-27(7-8-29)19(30)18(14)17/h1-6,8-11,25-26H,7H2/b13-3+,25-5?,26-10?. The second kappa shape index (κ2) is 7.90. The zero-order chi connectivity index (χ0) is 22.1. The molecule has 1 aromatic carbocycles. The van der Waals surface area contributed by atoms with Crippen LogP contribution in [0.5, 0.6) is 0 Å². The number of rotatable bonds is 6. The summed E-state index contributed by atoms with van der Waals surface area (Å²) in [4.78, 5) is 23.8. The van der Waals surface area contributed by atoms with Crippen LogP contribution in [0.4, 0.5) is 17.6 Å². The Labute approximate surface area is 166 Å². The molecular formula is C20H14F4N4O2. The van der Waals surface area contributed by atoms with Crippen LogP contribution >= 0.6 is 0 Å². The Kier molecular flexibility index (Phi) is 5.50. The molecule has 30 heavy (non-hydrogen) atoms. The van der Waals surface area contributed by atoms with E-state index in [4.69, 9.17) is 10.8 Å². The molecule has 2 N–H and O–H groups in total. The van der Waals surface area contributed by atoms with Crippen LogP contribution in [0.1, 0.15) is 5.56 Å². The number of aldehydes is 1. The van der Waals surface area contributed by atoms with Crippen molar-refractivity contribution in [2.24, 2.45) is 0 Å². The molecule has 0 aliphatic carbocycles. The lowest BCUT2D eigenvalue weighted by Crippen LogP contribution is -2.20. The van der Waals surface area contributed by atoms with E-state index in [1.165, 1.54) is 29.1 Å². The number of benzene rings is 1. The van der Waals surface area contributed by atoms with Crippen molar-refractivity contribution in [2.75, 3.05) is 0 Å². The molecule has 3 aromatic rings. The van der Waals surface area contributed by atoms with E-state index in [1.54, 1.807) is 0 Å². The monoisotopic (exact) mass is 418 g/mol. The summed E-state index contributed by atoms with van der Waals surface area (Å²) in [5.74, 6) is -1.45. The number of aromatic nitrogens is 2. The molecule has 2 aromatic heterocycles. The van der Waals surface area contributed by atoms with Crippen LogP contribution in [-0.4, -0.2) is 27.8 Å². The van der Waals surface area contributed by atoms with Crippen molar-refractivity contribution >= 4 is 35.3 Å².